The second-order valence-electron chi connectivity index (χ2n) is 3.75. The van der Waals surface area contributed by atoms with Gasteiger partial charge in [-0.2, -0.15) is 4.98 Å². The maximum Gasteiger partial charge on any atom is 0.231 e. The van der Waals surface area contributed by atoms with Crippen molar-refractivity contribution in [3.63, 3.8) is 0 Å². The second-order valence-corrected chi connectivity index (χ2v) is 3.75. The first-order valence-electron chi connectivity index (χ1n) is 5.35. The van der Waals surface area contributed by atoms with Crippen molar-refractivity contribution in [3.05, 3.63) is 47.1 Å². The third-order valence-corrected chi connectivity index (χ3v) is 2.48. The summed E-state index contributed by atoms with van der Waals surface area (Å²) in [6.45, 7) is 2.62. The minimum absolute atomic E-state index is 0.545. The van der Waals surface area contributed by atoms with E-state index in [1.54, 1.807) is 0 Å². The quantitative estimate of drug-likeness (QED) is 0.842. The summed E-state index contributed by atoms with van der Waals surface area (Å²) in [5.74, 6) is 1.34. The molecule has 1 aromatic heterocycles. The molecule has 4 nitrogen and oxygen atoms in total. The van der Waals surface area contributed by atoms with Gasteiger partial charge in [-0.15, -0.1) is 0 Å². The summed E-state index contributed by atoms with van der Waals surface area (Å²) in [6.07, 6.45) is 1.35. The van der Waals surface area contributed by atoms with Crippen LogP contribution in [0.25, 0.3) is 0 Å². The van der Waals surface area contributed by atoms with E-state index < -0.39 is 0 Å². The largest absolute Gasteiger partial charge is 0.339 e. The minimum atomic E-state index is 0.545. The van der Waals surface area contributed by atoms with E-state index in [4.69, 9.17) is 10.3 Å². The van der Waals surface area contributed by atoms with Gasteiger partial charge in [0.25, 0.3) is 0 Å². The first kappa shape index (κ1) is 10.8. The summed E-state index contributed by atoms with van der Waals surface area (Å²) >= 11 is 0. The molecule has 0 spiro atoms. The van der Waals surface area contributed by atoms with Crippen molar-refractivity contribution >= 4 is 0 Å². The molecule has 4 heteroatoms. The molecule has 0 saturated carbocycles. The van der Waals surface area contributed by atoms with Crippen LogP contribution in [0, 0.1) is 6.92 Å². The van der Waals surface area contributed by atoms with Crippen LogP contribution in [-0.2, 0) is 12.8 Å². The van der Waals surface area contributed by atoms with Crippen LogP contribution in [0.5, 0.6) is 0 Å². The molecule has 2 rings (SSSR count). The number of aryl methyl sites for hydroxylation is 1. The zero-order chi connectivity index (χ0) is 11.4. The third-order valence-electron chi connectivity index (χ3n) is 2.48. The van der Waals surface area contributed by atoms with Gasteiger partial charge in [0.2, 0.25) is 5.89 Å². The van der Waals surface area contributed by atoms with Crippen molar-refractivity contribution in [2.75, 3.05) is 6.54 Å². The summed E-state index contributed by atoms with van der Waals surface area (Å²) in [5.41, 5.74) is 7.88. The van der Waals surface area contributed by atoms with Gasteiger partial charge in [0.1, 0.15) is 0 Å². The number of aromatic nitrogens is 2. The number of hydrogen-bond donors (Lipinski definition) is 1. The van der Waals surface area contributed by atoms with Gasteiger partial charge in [0.05, 0.1) is 6.42 Å². The molecule has 0 saturated heterocycles. The lowest BCUT2D eigenvalue weighted by Gasteiger charge is -2.00. The highest BCUT2D eigenvalue weighted by Gasteiger charge is 2.07. The fourth-order valence-electron chi connectivity index (χ4n) is 1.56. The Kier molecular flexibility index (Phi) is 3.31. The molecule has 0 bridgehead atoms. The van der Waals surface area contributed by atoms with Crippen molar-refractivity contribution in [2.24, 2.45) is 5.73 Å². The standard InChI is InChI=1S/C12H15N3O/c1-9-4-2-3-5-10(9)8-12-14-11(6-7-13)15-16-12/h2-5H,6-8,13H2,1H3. The molecule has 0 atom stereocenters. The molecule has 16 heavy (non-hydrogen) atoms. The Bertz CT molecular complexity index is 465. The van der Waals surface area contributed by atoms with Crippen LogP contribution >= 0.6 is 0 Å². The summed E-state index contributed by atoms with van der Waals surface area (Å²) in [7, 11) is 0. The molecule has 2 N–H and O–H groups in total. The molecule has 2 aromatic rings. The van der Waals surface area contributed by atoms with Crippen LogP contribution in [0.15, 0.2) is 28.8 Å². The predicted octanol–water partition coefficient (Wildman–Crippen LogP) is 1.47. The highest BCUT2D eigenvalue weighted by molar-refractivity contribution is 5.27. The van der Waals surface area contributed by atoms with Gasteiger partial charge in [0, 0.05) is 6.42 Å². The van der Waals surface area contributed by atoms with E-state index >= 15 is 0 Å². The number of nitrogens with zero attached hydrogens (tertiary/aromatic N) is 2. The van der Waals surface area contributed by atoms with E-state index in [0.717, 1.165) is 0 Å². The number of nitrogens with two attached hydrogens (primary N) is 1. The lowest BCUT2D eigenvalue weighted by Crippen LogP contribution is -2.04. The van der Waals surface area contributed by atoms with Crippen LogP contribution in [0.3, 0.4) is 0 Å². The van der Waals surface area contributed by atoms with Gasteiger partial charge in [-0.1, -0.05) is 29.4 Å². The summed E-state index contributed by atoms with van der Waals surface area (Å²) < 4.78 is 5.16. The monoisotopic (exact) mass is 217 g/mol. The number of hydrogen-bond acceptors (Lipinski definition) is 4. The summed E-state index contributed by atoms with van der Waals surface area (Å²) in [4.78, 5) is 4.28. The first-order chi connectivity index (χ1) is 7.79. The van der Waals surface area contributed by atoms with Crippen molar-refractivity contribution in [3.8, 4) is 0 Å². The Morgan fingerprint density at radius 3 is 2.88 bits per heavy atom. The van der Waals surface area contributed by atoms with Crippen LogP contribution in [0.1, 0.15) is 22.8 Å². The number of rotatable bonds is 4. The molecule has 0 radical (unpaired) electrons. The third kappa shape index (κ3) is 2.46. The molecule has 0 aliphatic carbocycles. The molecule has 0 fully saturated rings. The van der Waals surface area contributed by atoms with Crippen LogP contribution in [0.4, 0.5) is 0 Å². The molecule has 0 aliphatic rings. The smallest absolute Gasteiger partial charge is 0.231 e. The Morgan fingerprint density at radius 1 is 1.31 bits per heavy atom. The molecular formula is C12H15N3O. The molecule has 0 amide bonds. The van der Waals surface area contributed by atoms with Gasteiger partial charge < -0.3 is 10.3 Å². The Balaban J connectivity index is 2.11. The molecule has 0 unspecified atom stereocenters. The van der Waals surface area contributed by atoms with E-state index in [9.17, 15) is 0 Å². The van der Waals surface area contributed by atoms with Crippen molar-refractivity contribution < 1.29 is 4.52 Å². The molecule has 1 heterocycles. The topological polar surface area (TPSA) is 64.9 Å². The maximum atomic E-state index is 5.42. The lowest BCUT2D eigenvalue weighted by molar-refractivity contribution is 0.379. The van der Waals surface area contributed by atoms with Gasteiger partial charge >= 0.3 is 0 Å². The summed E-state index contributed by atoms with van der Waals surface area (Å²) in [6, 6.07) is 8.18. The fraction of sp³-hybridized carbons (Fsp3) is 0.333. The highest BCUT2D eigenvalue weighted by Crippen LogP contribution is 2.12. The average Bonchev–Trinajstić information content (AvgIpc) is 2.70. The molecular weight excluding hydrogens is 202 g/mol. The van der Waals surface area contributed by atoms with Crippen LogP contribution in [0.2, 0.25) is 0 Å². The van der Waals surface area contributed by atoms with E-state index in [2.05, 4.69) is 29.2 Å². The van der Waals surface area contributed by atoms with Crippen LogP contribution in [-0.4, -0.2) is 16.7 Å². The van der Waals surface area contributed by atoms with Crippen molar-refractivity contribution in [2.45, 2.75) is 19.8 Å². The zero-order valence-electron chi connectivity index (χ0n) is 9.31. The number of benzene rings is 1. The lowest BCUT2D eigenvalue weighted by atomic mass is 10.1. The Labute approximate surface area is 94.5 Å². The fourth-order valence-corrected chi connectivity index (χ4v) is 1.56. The van der Waals surface area contributed by atoms with Crippen LogP contribution < -0.4 is 5.73 Å². The van der Waals surface area contributed by atoms with E-state index in [1.165, 1.54) is 11.1 Å². The predicted molar refractivity (Wildman–Crippen MR) is 61.0 cm³/mol. The van der Waals surface area contributed by atoms with Gasteiger partial charge in [-0.25, -0.2) is 0 Å². The average molecular weight is 217 g/mol. The van der Waals surface area contributed by atoms with E-state index in [1.807, 2.05) is 12.1 Å². The van der Waals surface area contributed by atoms with Gasteiger partial charge in [-0.3, -0.25) is 0 Å². The normalized spacial score (nSPS) is 10.6. The minimum Gasteiger partial charge on any atom is -0.339 e. The maximum absolute atomic E-state index is 5.42. The molecule has 1 aromatic carbocycles. The first-order valence-corrected chi connectivity index (χ1v) is 5.35. The second kappa shape index (κ2) is 4.90. The Hall–Kier alpha value is -1.68. The molecule has 0 aliphatic heterocycles. The highest BCUT2D eigenvalue weighted by atomic mass is 16.5. The Morgan fingerprint density at radius 2 is 2.12 bits per heavy atom. The molecule has 84 valence electrons. The zero-order valence-corrected chi connectivity index (χ0v) is 9.31. The van der Waals surface area contributed by atoms with Gasteiger partial charge in [0.15, 0.2) is 5.82 Å². The van der Waals surface area contributed by atoms with Gasteiger partial charge in [-0.05, 0) is 24.6 Å². The van der Waals surface area contributed by atoms with E-state index in [0.29, 0.717) is 31.1 Å². The van der Waals surface area contributed by atoms with Crippen molar-refractivity contribution in [1.29, 1.82) is 0 Å². The van der Waals surface area contributed by atoms with E-state index in [-0.39, 0.29) is 0 Å². The van der Waals surface area contributed by atoms with Crippen molar-refractivity contribution in [1.82, 2.24) is 10.1 Å². The SMILES string of the molecule is Cc1ccccc1Cc1nc(CCN)no1. The summed E-state index contributed by atoms with van der Waals surface area (Å²) in [5, 5.41) is 3.87.